The quantitative estimate of drug-likeness (QED) is 0.742. The van der Waals surface area contributed by atoms with Crippen molar-refractivity contribution in [2.24, 2.45) is 9.98 Å². The number of carbonyl (C=O) groups excluding carboxylic acids is 1. The Balaban J connectivity index is 2.58. The number of rotatable bonds is 1. The van der Waals surface area contributed by atoms with E-state index in [4.69, 9.17) is 0 Å². The molecule has 1 aliphatic heterocycles. The van der Waals surface area contributed by atoms with Crippen LogP contribution in [-0.4, -0.2) is 11.0 Å². The molecule has 0 N–H and O–H groups in total. The summed E-state index contributed by atoms with van der Waals surface area (Å²) in [6.07, 6.45) is 0. The number of para-hydroxylation sites is 1. The van der Waals surface area contributed by atoms with Gasteiger partial charge in [-0.3, -0.25) is 4.98 Å². The standard InChI is InChI=1S/C13H11N3O/c1-7(2)10-12-11(15-13(17)16-12)8-5-3-4-6-9(8)14-10/h3-7H,1-2H3. The van der Waals surface area contributed by atoms with Gasteiger partial charge in [-0.25, -0.2) is 4.79 Å². The smallest absolute Gasteiger partial charge is 0.250 e. The van der Waals surface area contributed by atoms with Crippen LogP contribution in [0.15, 0.2) is 34.3 Å². The number of urea groups is 1. The van der Waals surface area contributed by atoms with Gasteiger partial charge >= 0.3 is 6.03 Å². The zero-order chi connectivity index (χ0) is 12.0. The van der Waals surface area contributed by atoms with Gasteiger partial charge in [0, 0.05) is 5.39 Å². The van der Waals surface area contributed by atoms with Gasteiger partial charge in [0.15, 0.2) is 0 Å². The summed E-state index contributed by atoms with van der Waals surface area (Å²) >= 11 is 0. The van der Waals surface area contributed by atoms with Gasteiger partial charge in [-0.1, -0.05) is 32.0 Å². The normalized spacial score (nSPS) is 13.7. The lowest BCUT2D eigenvalue weighted by molar-refractivity contribution is 0.256. The molecule has 84 valence electrons. The number of carbonyl (C=O) groups is 1. The van der Waals surface area contributed by atoms with Crippen molar-refractivity contribution in [3.05, 3.63) is 40.7 Å². The molecule has 0 atom stereocenters. The highest BCUT2D eigenvalue weighted by atomic mass is 16.2. The van der Waals surface area contributed by atoms with Crippen LogP contribution in [0.5, 0.6) is 0 Å². The second-order valence-electron chi connectivity index (χ2n) is 4.37. The maximum absolute atomic E-state index is 11.4. The fourth-order valence-electron chi connectivity index (χ4n) is 2.05. The van der Waals surface area contributed by atoms with Crippen molar-refractivity contribution >= 4 is 16.9 Å². The van der Waals surface area contributed by atoms with Crippen molar-refractivity contribution in [3.63, 3.8) is 0 Å². The molecule has 0 radical (unpaired) electrons. The van der Waals surface area contributed by atoms with Gasteiger partial charge in [-0.05, 0) is 12.0 Å². The van der Waals surface area contributed by atoms with Crippen LogP contribution in [0.25, 0.3) is 10.9 Å². The lowest BCUT2D eigenvalue weighted by Gasteiger charge is -2.05. The maximum atomic E-state index is 11.4. The predicted molar refractivity (Wildman–Crippen MR) is 63.5 cm³/mol. The Bertz CT molecular complexity index is 747. The summed E-state index contributed by atoms with van der Waals surface area (Å²) in [6.45, 7) is 4.07. The zero-order valence-electron chi connectivity index (χ0n) is 9.64. The number of hydrogen-bond donors (Lipinski definition) is 0. The van der Waals surface area contributed by atoms with Gasteiger partial charge in [0.05, 0.1) is 11.2 Å². The molecule has 0 saturated heterocycles. The van der Waals surface area contributed by atoms with Crippen LogP contribution in [0.4, 0.5) is 4.79 Å². The Kier molecular flexibility index (Phi) is 2.04. The van der Waals surface area contributed by atoms with E-state index in [1.165, 1.54) is 0 Å². The van der Waals surface area contributed by atoms with Crippen LogP contribution in [0.3, 0.4) is 0 Å². The topological polar surface area (TPSA) is 54.7 Å². The fourth-order valence-corrected chi connectivity index (χ4v) is 2.05. The highest BCUT2D eigenvalue weighted by Gasteiger charge is 2.15. The molecular formula is C13H11N3O. The minimum atomic E-state index is -0.431. The Labute approximate surface area is 97.7 Å². The van der Waals surface area contributed by atoms with Gasteiger partial charge in [0.1, 0.15) is 10.7 Å². The van der Waals surface area contributed by atoms with Crippen LogP contribution in [-0.2, 0) is 0 Å². The highest BCUT2D eigenvalue weighted by molar-refractivity contribution is 5.84. The first-order chi connectivity index (χ1) is 8.16. The van der Waals surface area contributed by atoms with E-state index < -0.39 is 6.03 Å². The Morgan fingerprint density at radius 3 is 2.53 bits per heavy atom. The van der Waals surface area contributed by atoms with E-state index in [9.17, 15) is 4.79 Å². The zero-order valence-corrected chi connectivity index (χ0v) is 9.64. The number of nitrogens with zero attached hydrogens (tertiary/aromatic N) is 3. The molecule has 4 heteroatoms. The fraction of sp³-hybridized carbons (Fsp3) is 0.231. The third kappa shape index (κ3) is 1.45. The number of benzene rings is 1. The Hall–Kier alpha value is -2.10. The minimum absolute atomic E-state index is 0.221. The van der Waals surface area contributed by atoms with E-state index in [2.05, 4.69) is 15.0 Å². The number of hydrogen-bond acceptors (Lipinski definition) is 2. The molecule has 0 bridgehead atoms. The second-order valence-corrected chi connectivity index (χ2v) is 4.37. The summed E-state index contributed by atoms with van der Waals surface area (Å²) in [5.74, 6) is 0.221. The van der Waals surface area contributed by atoms with E-state index in [0.717, 1.165) is 16.6 Å². The third-order valence-electron chi connectivity index (χ3n) is 2.83. The van der Waals surface area contributed by atoms with E-state index in [1.807, 2.05) is 38.1 Å². The van der Waals surface area contributed by atoms with Gasteiger partial charge < -0.3 is 0 Å². The Morgan fingerprint density at radius 1 is 1.06 bits per heavy atom. The van der Waals surface area contributed by atoms with Crippen molar-refractivity contribution < 1.29 is 4.79 Å². The summed E-state index contributed by atoms with van der Waals surface area (Å²) < 4.78 is 0. The molecule has 17 heavy (non-hydrogen) atoms. The third-order valence-corrected chi connectivity index (χ3v) is 2.83. The summed E-state index contributed by atoms with van der Waals surface area (Å²) in [4.78, 5) is 23.9. The number of aromatic nitrogens is 1. The summed E-state index contributed by atoms with van der Waals surface area (Å²) in [5.41, 5.74) is 1.71. The van der Waals surface area contributed by atoms with E-state index in [0.29, 0.717) is 10.7 Å². The molecule has 4 nitrogen and oxygen atoms in total. The first-order valence-electron chi connectivity index (χ1n) is 5.57. The molecule has 2 heterocycles. The first kappa shape index (κ1) is 10.1. The number of pyridine rings is 1. The minimum Gasteiger partial charge on any atom is -0.250 e. The molecule has 0 unspecified atom stereocenters. The molecule has 1 aromatic heterocycles. The molecular weight excluding hydrogens is 214 g/mol. The van der Waals surface area contributed by atoms with Crippen LogP contribution in [0, 0.1) is 0 Å². The monoisotopic (exact) mass is 225 g/mol. The van der Waals surface area contributed by atoms with Crippen molar-refractivity contribution in [1.29, 1.82) is 0 Å². The van der Waals surface area contributed by atoms with Crippen LogP contribution in [0.1, 0.15) is 25.5 Å². The average Bonchev–Trinajstić information content (AvgIpc) is 2.69. The van der Waals surface area contributed by atoms with Crippen molar-refractivity contribution in [3.8, 4) is 0 Å². The maximum Gasteiger partial charge on any atom is 0.368 e. The molecule has 1 aromatic carbocycles. The van der Waals surface area contributed by atoms with Gasteiger partial charge in [0.25, 0.3) is 0 Å². The molecule has 2 aromatic rings. The van der Waals surface area contributed by atoms with Crippen molar-refractivity contribution in [2.45, 2.75) is 19.8 Å². The van der Waals surface area contributed by atoms with Crippen molar-refractivity contribution in [1.82, 2.24) is 4.98 Å². The summed E-state index contributed by atoms with van der Waals surface area (Å²) in [6, 6.07) is 7.26. The number of fused-ring (bicyclic) bond motifs is 3. The largest absolute Gasteiger partial charge is 0.368 e. The van der Waals surface area contributed by atoms with E-state index in [1.54, 1.807) is 0 Å². The molecule has 0 saturated carbocycles. The van der Waals surface area contributed by atoms with Gasteiger partial charge in [-0.15, -0.1) is 0 Å². The van der Waals surface area contributed by atoms with Crippen molar-refractivity contribution in [2.75, 3.05) is 0 Å². The first-order valence-corrected chi connectivity index (χ1v) is 5.57. The van der Waals surface area contributed by atoms with Gasteiger partial charge in [-0.2, -0.15) is 9.98 Å². The summed E-state index contributed by atoms with van der Waals surface area (Å²) in [5, 5.41) is 2.20. The van der Waals surface area contributed by atoms with E-state index in [-0.39, 0.29) is 5.92 Å². The molecule has 3 rings (SSSR count). The molecule has 1 aliphatic rings. The molecule has 0 aliphatic carbocycles. The number of amides is 2. The highest BCUT2D eigenvalue weighted by Crippen LogP contribution is 2.12. The Morgan fingerprint density at radius 2 is 1.76 bits per heavy atom. The lowest BCUT2D eigenvalue weighted by atomic mass is 10.1. The van der Waals surface area contributed by atoms with E-state index >= 15 is 0 Å². The van der Waals surface area contributed by atoms with Crippen LogP contribution >= 0.6 is 0 Å². The average molecular weight is 225 g/mol. The molecule has 0 fully saturated rings. The molecule has 0 spiro atoms. The summed E-state index contributed by atoms with van der Waals surface area (Å²) in [7, 11) is 0. The molecule has 2 amide bonds. The lowest BCUT2D eigenvalue weighted by Crippen LogP contribution is -2.29. The van der Waals surface area contributed by atoms with Gasteiger partial charge in [0.2, 0.25) is 0 Å². The predicted octanol–water partition coefficient (Wildman–Crippen LogP) is 1.73. The van der Waals surface area contributed by atoms with Crippen LogP contribution in [0.2, 0.25) is 0 Å². The second kappa shape index (κ2) is 3.45. The van der Waals surface area contributed by atoms with Crippen LogP contribution < -0.4 is 10.7 Å². The SMILES string of the molecule is CC(C)c1nc2ccccc2c2c1=NC(=O)N=2.